The van der Waals surface area contributed by atoms with Crippen LogP contribution in [0.25, 0.3) is 0 Å². The Labute approximate surface area is 144 Å². The molecule has 4 nitrogen and oxygen atoms in total. The zero-order valence-corrected chi connectivity index (χ0v) is 14.2. The molecule has 2 rings (SSSR count). The summed E-state index contributed by atoms with van der Waals surface area (Å²) >= 11 is 11.9. The lowest BCUT2D eigenvalue weighted by atomic mass is 10.1. The van der Waals surface area contributed by atoms with Crippen LogP contribution in [0.3, 0.4) is 0 Å². The van der Waals surface area contributed by atoms with Gasteiger partial charge in [-0.2, -0.15) is 0 Å². The van der Waals surface area contributed by atoms with Crippen LogP contribution in [-0.4, -0.2) is 18.5 Å². The summed E-state index contributed by atoms with van der Waals surface area (Å²) in [7, 11) is 0. The van der Waals surface area contributed by atoms with Crippen LogP contribution in [0.4, 0.5) is 5.69 Å². The predicted octanol–water partition coefficient (Wildman–Crippen LogP) is 4.73. The molecule has 2 aromatic rings. The maximum atomic E-state index is 12.4. The number of hydrogen-bond donors (Lipinski definition) is 1. The molecule has 0 unspecified atom stereocenters. The van der Waals surface area contributed by atoms with E-state index in [4.69, 9.17) is 27.9 Å². The monoisotopic (exact) mass is 351 g/mol. The van der Waals surface area contributed by atoms with Crippen LogP contribution in [0.1, 0.15) is 33.2 Å². The van der Waals surface area contributed by atoms with E-state index in [1.807, 2.05) is 0 Å². The molecule has 0 aromatic heterocycles. The second-order valence-electron chi connectivity index (χ2n) is 4.78. The summed E-state index contributed by atoms with van der Waals surface area (Å²) in [5.41, 5.74) is 1.86. The number of benzene rings is 2. The molecule has 0 saturated carbocycles. The number of ether oxygens (including phenoxy) is 1. The average molecular weight is 352 g/mol. The minimum atomic E-state index is -0.425. The average Bonchev–Trinajstić information content (AvgIpc) is 2.49. The summed E-state index contributed by atoms with van der Waals surface area (Å²) in [5.74, 6) is -0.804. The van der Waals surface area contributed by atoms with Gasteiger partial charge in [-0.3, -0.25) is 4.79 Å². The van der Waals surface area contributed by atoms with Crippen LogP contribution in [0.15, 0.2) is 36.4 Å². The second kappa shape index (κ2) is 7.49. The highest BCUT2D eigenvalue weighted by molar-refractivity contribution is 6.37. The van der Waals surface area contributed by atoms with Gasteiger partial charge in [0.05, 0.1) is 22.8 Å². The fourth-order valence-corrected chi connectivity index (χ4v) is 2.56. The first kappa shape index (κ1) is 17.3. The highest BCUT2D eigenvalue weighted by atomic mass is 35.5. The predicted molar refractivity (Wildman–Crippen MR) is 91.6 cm³/mol. The van der Waals surface area contributed by atoms with Crippen molar-refractivity contribution in [3.8, 4) is 0 Å². The van der Waals surface area contributed by atoms with Gasteiger partial charge < -0.3 is 10.1 Å². The lowest BCUT2D eigenvalue weighted by Gasteiger charge is -2.12. The van der Waals surface area contributed by atoms with Crippen LogP contribution in [0.5, 0.6) is 0 Å². The molecule has 1 amide bonds. The van der Waals surface area contributed by atoms with E-state index in [2.05, 4.69) is 5.32 Å². The molecule has 0 saturated heterocycles. The molecule has 0 atom stereocenters. The van der Waals surface area contributed by atoms with Crippen molar-refractivity contribution in [2.24, 2.45) is 0 Å². The summed E-state index contributed by atoms with van der Waals surface area (Å²) in [5, 5.41) is 3.46. The molecule has 0 spiro atoms. The smallest absolute Gasteiger partial charge is 0.338 e. The third-order valence-electron chi connectivity index (χ3n) is 3.25. The number of carbonyl (C=O) groups excluding carboxylic acids is 2. The normalized spacial score (nSPS) is 10.3. The van der Waals surface area contributed by atoms with Crippen molar-refractivity contribution >= 4 is 40.8 Å². The van der Waals surface area contributed by atoms with Crippen molar-refractivity contribution in [1.29, 1.82) is 0 Å². The number of amides is 1. The van der Waals surface area contributed by atoms with Gasteiger partial charge in [0.1, 0.15) is 0 Å². The Morgan fingerprint density at radius 3 is 2.52 bits per heavy atom. The number of carbonyl (C=O) groups is 2. The molecule has 0 aliphatic rings. The van der Waals surface area contributed by atoms with Crippen molar-refractivity contribution in [2.75, 3.05) is 11.9 Å². The Balaban J connectivity index is 2.28. The third kappa shape index (κ3) is 4.03. The van der Waals surface area contributed by atoms with E-state index in [1.165, 1.54) is 6.07 Å². The van der Waals surface area contributed by atoms with E-state index in [0.717, 1.165) is 0 Å². The summed E-state index contributed by atoms with van der Waals surface area (Å²) < 4.78 is 5.00. The molecule has 2 aromatic carbocycles. The summed E-state index contributed by atoms with van der Waals surface area (Å²) in [6.07, 6.45) is 0. The Hall–Kier alpha value is -2.04. The van der Waals surface area contributed by atoms with Crippen LogP contribution < -0.4 is 5.32 Å². The SMILES string of the molecule is CCOC(=O)c1cccc(NC(=O)c2ccc(Cl)cc2Cl)c1C. The van der Waals surface area contributed by atoms with Crippen molar-refractivity contribution in [1.82, 2.24) is 0 Å². The van der Waals surface area contributed by atoms with Crippen molar-refractivity contribution in [2.45, 2.75) is 13.8 Å². The van der Waals surface area contributed by atoms with Crippen molar-refractivity contribution < 1.29 is 14.3 Å². The zero-order chi connectivity index (χ0) is 17.0. The first-order valence-electron chi connectivity index (χ1n) is 6.97. The Morgan fingerprint density at radius 1 is 1.13 bits per heavy atom. The first-order valence-corrected chi connectivity index (χ1v) is 7.72. The van der Waals surface area contributed by atoms with Gasteiger partial charge in [-0.25, -0.2) is 4.79 Å². The van der Waals surface area contributed by atoms with Gasteiger partial charge in [0, 0.05) is 10.7 Å². The fraction of sp³-hybridized carbons (Fsp3) is 0.176. The molecule has 0 heterocycles. The van der Waals surface area contributed by atoms with Crippen LogP contribution in [-0.2, 0) is 4.74 Å². The largest absolute Gasteiger partial charge is 0.462 e. The summed E-state index contributed by atoms with van der Waals surface area (Å²) in [6.45, 7) is 3.77. The molecule has 0 radical (unpaired) electrons. The van der Waals surface area contributed by atoms with Gasteiger partial charge in [0.15, 0.2) is 0 Å². The number of esters is 1. The van der Waals surface area contributed by atoms with Gasteiger partial charge in [0.2, 0.25) is 0 Å². The minimum Gasteiger partial charge on any atom is -0.462 e. The highest BCUT2D eigenvalue weighted by Crippen LogP contribution is 2.24. The Kier molecular flexibility index (Phi) is 5.64. The van der Waals surface area contributed by atoms with Crippen molar-refractivity contribution in [3.05, 3.63) is 63.1 Å². The molecular formula is C17H15Cl2NO3. The molecule has 0 aliphatic heterocycles. The third-order valence-corrected chi connectivity index (χ3v) is 3.80. The van der Waals surface area contributed by atoms with E-state index < -0.39 is 5.97 Å². The van der Waals surface area contributed by atoms with E-state index in [0.29, 0.717) is 27.4 Å². The van der Waals surface area contributed by atoms with Gasteiger partial charge in [-0.15, -0.1) is 0 Å². The zero-order valence-electron chi connectivity index (χ0n) is 12.7. The topological polar surface area (TPSA) is 55.4 Å². The Bertz CT molecular complexity index is 759. The standard InChI is InChI=1S/C17H15Cl2NO3/c1-3-23-17(22)12-5-4-6-15(10(12)2)20-16(21)13-8-7-11(18)9-14(13)19/h4-9H,3H2,1-2H3,(H,20,21). The summed E-state index contributed by atoms with van der Waals surface area (Å²) in [6, 6.07) is 9.67. The van der Waals surface area contributed by atoms with Gasteiger partial charge in [0.25, 0.3) is 5.91 Å². The van der Waals surface area contributed by atoms with Crippen LogP contribution >= 0.6 is 23.2 Å². The highest BCUT2D eigenvalue weighted by Gasteiger charge is 2.16. The quantitative estimate of drug-likeness (QED) is 0.810. The molecule has 23 heavy (non-hydrogen) atoms. The second-order valence-corrected chi connectivity index (χ2v) is 5.62. The molecule has 120 valence electrons. The van der Waals surface area contributed by atoms with Crippen molar-refractivity contribution in [3.63, 3.8) is 0 Å². The minimum absolute atomic E-state index is 0.259. The number of rotatable bonds is 4. The lowest BCUT2D eigenvalue weighted by molar-refractivity contribution is 0.0525. The number of nitrogens with one attached hydrogen (secondary N) is 1. The molecule has 0 fully saturated rings. The van der Waals surface area contributed by atoms with Gasteiger partial charge in [-0.1, -0.05) is 29.3 Å². The maximum Gasteiger partial charge on any atom is 0.338 e. The number of halogens is 2. The summed E-state index contributed by atoms with van der Waals surface area (Å²) in [4.78, 5) is 24.2. The van der Waals surface area contributed by atoms with Crippen LogP contribution in [0, 0.1) is 6.92 Å². The number of anilines is 1. The fourth-order valence-electron chi connectivity index (χ4n) is 2.06. The van der Waals surface area contributed by atoms with E-state index >= 15 is 0 Å². The van der Waals surface area contributed by atoms with Crippen LogP contribution in [0.2, 0.25) is 10.0 Å². The maximum absolute atomic E-state index is 12.4. The van der Waals surface area contributed by atoms with Gasteiger partial charge in [-0.05, 0) is 49.7 Å². The van der Waals surface area contributed by atoms with E-state index in [9.17, 15) is 9.59 Å². The number of hydrogen-bond acceptors (Lipinski definition) is 3. The van der Waals surface area contributed by atoms with Gasteiger partial charge >= 0.3 is 5.97 Å². The molecule has 0 bridgehead atoms. The molecular weight excluding hydrogens is 337 g/mol. The Morgan fingerprint density at radius 2 is 1.87 bits per heavy atom. The van der Waals surface area contributed by atoms with E-state index in [1.54, 1.807) is 44.2 Å². The first-order chi connectivity index (χ1) is 10.9. The molecule has 6 heteroatoms. The molecule has 1 N–H and O–H groups in total. The van der Waals surface area contributed by atoms with E-state index in [-0.39, 0.29) is 17.5 Å². The molecule has 0 aliphatic carbocycles. The lowest BCUT2D eigenvalue weighted by Crippen LogP contribution is -2.15.